The predicted molar refractivity (Wildman–Crippen MR) is 104 cm³/mol. The molecule has 0 radical (unpaired) electrons. The monoisotopic (exact) mass is 344 g/mol. The van der Waals surface area contributed by atoms with E-state index in [2.05, 4.69) is 79.9 Å². The van der Waals surface area contributed by atoms with Gasteiger partial charge in [-0.05, 0) is 25.0 Å². The van der Waals surface area contributed by atoms with Crippen molar-refractivity contribution in [3.8, 4) is 0 Å². The summed E-state index contributed by atoms with van der Waals surface area (Å²) in [6.45, 7) is 13.0. The fraction of sp³-hybridized carbons (Fsp3) is 0.474. The minimum absolute atomic E-state index is 0.104. The lowest BCUT2D eigenvalue weighted by molar-refractivity contribution is 0.582. The van der Waals surface area contributed by atoms with Gasteiger partial charge in [-0.3, -0.25) is 0 Å². The van der Waals surface area contributed by atoms with Gasteiger partial charge in [0, 0.05) is 17.3 Å². The van der Waals surface area contributed by atoms with Gasteiger partial charge in [-0.1, -0.05) is 45.0 Å². The molecular weight excluding hydrogens is 316 g/mol. The summed E-state index contributed by atoms with van der Waals surface area (Å²) in [6.07, 6.45) is 0. The molecule has 2 aromatic rings. The number of aliphatic imine (C=N–C) groups is 1. The number of rotatable bonds is 5. The Morgan fingerprint density at radius 2 is 1.96 bits per heavy atom. The zero-order valence-electron chi connectivity index (χ0n) is 15.3. The third-order valence-electron chi connectivity index (χ3n) is 3.64. The van der Waals surface area contributed by atoms with Gasteiger partial charge in [0.2, 0.25) is 0 Å². The van der Waals surface area contributed by atoms with Crippen molar-refractivity contribution in [3.05, 3.63) is 51.5 Å². The van der Waals surface area contributed by atoms with Crippen molar-refractivity contribution < 1.29 is 0 Å². The Morgan fingerprint density at radius 1 is 1.21 bits per heavy atom. The molecule has 0 fully saturated rings. The molecule has 130 valence electrons. The Bertz CT molecular complexity index is 683. The van der Waals surface area contributed by atoms with Crippen LogP contribution in [0.5, 0.6) is 0 Å². The van der Waals surface area contributed by atoms with Crippen molar-refractivity contribution >= 4 is 17.3 Å². The van der Waals surface area contributed by atoms with Crippen molar-refractivity contribution in [1.29, 1.82) is 0 Å². The molecule has 0 amide bonds. The molecule has 4 nitrogen and oxygen atoms in total. The van der Waals surface area contributed by atoms with Crippen LogP contribution in [0.2, 0.25) is 0 Å². The Labute approximate surface area is 149 Å². The average molecular weight is 345 g/mol. The van der Waals surface area contributed by atoms with Crippen molar-refractivity contribution in [2.45, 2.75) is 53.1 Å². The number of hydrogen-bond donors (Lipinski definition) is 2. The summed E-state index contributed by atoms with van der Waals surface area (Å²) in [5, 5.41) is 9.96. The van der Waals surface area contributed by atoms with Crippen LogP contribution in [0.4, 0.5) is 0 Å². The summed E-state index contributed by atoms with van der Waals surface area (Å²) >= 11 is 1.72. The summed E-state index contributed by atoms with van der Waals surface area (Å²) in [5.74, 6) is 0.825. The first kappa shape index (κ1) is 18.5. The molecule has 0 saturated carbocycles. The van der Waals surface area contributed by atoms with E-state index in [0.29, 0.717) is 13.1 Å². The van der Waals surface area contributed by atoms with Crippen LogP contribution in [0.25, 0.3) is 0 Å². The second-order valence-corrected chi connectivity index (χ2v) is 7.73. The van der Waals surface area contributed by atoms with Crippen LogP contribution < -0.4 is 10.6 Å². The average Bonchev–Trinajstić information content (AvgIpc) is 3.00. The fourth-order valence-corrected chi connectivity index (χ4v) is 3.11. The second-order valence-electron chi connectivity index (χ2n) is 6.87. The SMILES string of the molecule is CCNC(=NCc1ccccc1C)NCc1csc(C(C)(C)C)n1. The Balaban J connectivity index is 1.99. The lowest BCUT2D eigenvalue weighted by atomic mass is 9.98. The highest BCUT2D eigenvalue weighted by molar-refractivity contribution is 7.09. The molecular formula is C19H28N4S. The summed E-state index contributed by atoms with van der Waals surface area (Å²) in [6, 6.07) is 8.36. The van der Waals surface area contributed by atoms with E-state index >= 15 is 0 Å². The van der Waals surface area contributed by atoms with Crippen molar-refractivity contribution in [2.75, 3.05) is 6.54 Å². The lowest BCUT2D eigenvalue weighted by Crippen LogP contribution is -2.36. The highest BCUT2D eigenvalue weighted by Gasteiger charge is 2.17. The molecule has 1 heterocycles. The van der Waals surface area contributed by atoms with Gasteiger partial charge < -0.3 is 10.6 Å². The van der Waals surface area contributed by atoms with Crippen LogP contribution in [0.1, 0.15) is 49.5 Å². The molecule has 2 N–H and O–H groups in total. The molecule has 0 saturated heterocycles. The zero-order valence-corrected chi connectivity index (χ0v) is 16.1. The largest absolute Gasteiger partial charge is 0.357 e. The summed E-state index contributed by atoms with van der Waals surface area (Å²) in [4.78, 5) is 9.40. The smallest absolute Gasteiger partial charge is 0.191 e. The molecule has 5 heteroatoms. The molecule has 0 spiro atoms. The first-order chi connectivity index (χ1) is 11.4. The molecule has 0 aliphatic rings. The predicted octanol–water partition coefficient (Wildman–Crippen LogP) is 4.00. The molecule has 1 aromatic carbocycles. The van der Waals surface area contributed by atoms with Crippen LogP contribution in [-0.2, 0) is 18.5 Å². The van der Waals surface area contributed by atoms with Gasteiger partial charge in [0.25, 0.3) is 0 Å². The molecule has 0 aliphatic carbocycles. The van der Waals surface area contributed by atoms with E-state index in [9.17, 15) is 0 Å². The molecule has 0 aliphatic heterocycles. The highest BCUT2D eigenvalue weighted by atomic mass is 32.1. The normalized spacial score (nSPS) is 12.3. The number of aromatic nitrogens is 1. The molecule has 1 aromatic heterocycles. The van der Waals surface area contributed by atoms with Gasteiger partial charge in [0.15, 0.2) is 5.96 Å². The standard InChI is InChI=1S/C19H28N4S/c1-6-20-18(21-11-15-10-8-7-9-14(15)2)22-12-16-13-24-17(23-16)19(3,4)5/h7-10,13H,6,11-12H2,1-5H3,(H2,20,21,22). The fourth-order valence-electron chi connectivity index (χ4n) is 2.20. The van der Waals surface area contributed by atoms with E-state index in [1.165, 1.54) is 16.1 Å². The Morgan fingerprint density at radius 3 is 2.58 bits per heavy atom. The zero-order chi connectivity index (χ0) is 17.6. The molecule has 24 heavy (non-hydrogen) atoms. The van der Waals surface area contributed by atoms with Crippen LogP contribution in [0.3, 0.4) is 0 Å². The highest BCUT2D eigenvalue weighted by Crippen LogP contribution is 2.25. The summed E-state index contributed by atoms with van der Waals surface area (Å²) < 4.78 is 0. The van der Waals surface area contributed by atoms with E-state index in [1.807, 2.05) is 0 Å². The van der Waals surface area contributed by atoms with Crippen molar-refractivity contribution in [3.63, 3.8) is 0 Å². The Hall–Kier alpha value is -1.88. The van der Waals surface area contributed by atoms with Crippen molar-refractivity contribution in [1.82, 2.24) is 15.6 Å². The second kappa shape index (κ2) is 8.29. The van der Waals surface area contributed by atoms with Crippen LogP contribution in [0, 0.1) is 6.92 Å². The van der Waals surface area contributed by atoms with Gasteiger partial charge >= 0.3 is 0 Å². The summed E-state index contributed by atoms with van der Waals surface area (Å²) in [7, 11) is 0. The van der Waals surface area contributed by atoms with Crippen LogP contribution in [0.15, 0.2) is 34.6 Å². The topological polar surface area (TPSA) is 49.3 Å². The number of aryl methyl sites for hydroxylation is 1. The number of guanidine groups is 1. The minimum atomic E-state index is 0.104. The third-order valence-corrected chi connectivity index (χ3v) is 4.96. The quantitative estimate of drug-likeness (QED) is 0.636. The van der Waals surface area contributed by atoms with Crippen LogP contribution in [-0.4, -0.2) is 17.5 Å². The number of nitrogens with zero attached hydrogens (tertiary/aromatic N) is 2. The third kappa shape index (κ3) is 5.34. The number of nitrogens with one attached hydrogen (secondary N) is 2. The molecule has 0 unspecified atom stereocenters. The maximum atomic E-state index is 4.72. The molecule has 0 bridgehead atoms. The number of hydrogen-bond acceptors (Lipinski definition) is 3. The van der Waals surface area contributed by atoms with E-state index in [1.54, 1.807) is 11.3 Å². The minimum Gasteiger partial charge on any atom is -0.357 e. The first-order valence-corrected chi connectivity index (χ1v) is 9.29. The molecule has 0 atom stereocenters. The molecule has 2 rings (SSSR count). The summed E-state index contributed by atoms with van der Waals surface area (Å²) in [5.41, 5.74) is 3.68. The maximum Gasteiger partial charge on any atom is 0.191 e. The van der Waals surface area contributed by atoms with Crippen molar-refractivity contribution in [2.24, 2.45) is 4.99 Å². The van der Waals surface area contributed by atoms with Gasteiger partial charge in [-0.25, -0.2) is 9.98 Å². The van der Waals surface area contributed by atoms with Gasteiger partial charge in [0.1, 0.15) is 0 Å². The Kier molecular flexibility index (Phi) is 6.37. The van der Waals surface area contributed by atoms with Gasteiger partial charge in [0.05, 0.1) is 23.8 Å². The van der Waals surface area contributed by atoms with E-state index in [0.717, 1.165) is 18.2 Å². The van der Waals surface area contributed by atoms with Gasteiger partial charge in [-0.15, -0.1) is 11.3 Å². The first-order valence-electron chi connectivity index (χ1n) is 8.41. The number of benzene rings is 1. The maximum absolute atomic E-state index is 4.72. The van der Waals surface area contributed by atoms with E-state index in [-0.39, 0.29) is 5.41 Å². The van der Waals surface area contributed by atoms with E-state index < -0.39 is 0 Å². The van der Waals surface area contributed by atoms with Gasteiger partial charge in [-0.2, -0.15) is 0 Å². The van der Waals surface area contributed by atoms with Crippen LogP contribution >= 0.6 is 11.3 Å². The number of thiazole rings is 1. The van der Waals surface area contributed by atoms with E-state index in [4.69, 9.17) is 4.98 Å². The lowest BCUT2D eigenvalue weighted by Gasteiger charge is -2.14.